The van der Waals surface area contributed by atoms with Crippen molar-refractivity contribution in [2.75, 3.05) is 92.7 Å². The molecule has 4 fully saturated rings. The maximum Gasteiger partial charge on any atom is 0.408 e. The van der Waals surface area contributed by atoms with Crippen LogP contribution in [0.15, 0.2) is 37.4 Å². The number of aromatic hydroxyl groups is 1. The quantitative estimate of drug-likeness (QED) is 0.0189. The third-order valence-electron chi connectivity index (χ3n) is 21.1. The molecule has 28 nitrogen and oxygen atoms in total. The van der Waals surface area contributed by atoms with Gasteiger partial charge >= 0.3 is 30.0 Å². The zero-order chi connectivity index (χ0) is 78.5. The Morgan fingerprint density at radius 1 is 0.679 bits per heavy atom. The third kappa shape index (κ3) is 14.9. The summed E-state index contributed by atoms with van der Waals surface area (Å²) in [6.07, 6.45) is 3.83. The number of benzene rings is 4. The van der Waals surface area contributed by atoms with Gasteiger partial charge in [-0.2, -0.15) is 10.5 Å². The van der Waals surface area contributed by atoms with Gasteiger partial charge < -0.3 is 82.5 Å². The Bertz CT molecular complexity index is 4360. The van der Waals surface area contributed by atoms with E-state index in [2.05, 4.69) is 56.3 Å². The molecule has 0 aromatic heterocycles. The highest BCUT2D eigenvalue weighted by Gasteiger charge is 2.64. The number of nitriles is 2. The SMILES string of the molecule is C=CCN1[C@@H]2c3c(cc(C)c(OC)c3O)C[C@H]1[C@H](C#N)N1C2[C@@H]2SCC(N)C(=O)OC[C@H]1c1c3c(c(C)c(OC(C)=O)c12)OCO3.C=CCN1[C@@H]2c3c(cc(C)c(OC)c3OCOCCOC)C[C@H]1[C@H](C#N)N1C2[C@@H]2SC[C@@H](NC(=O)OC(C)(C)C)C(=O)OC[C@H]1c1c3c(c(C)c(OC(C)=O)c12)OCO3.ClC(Cl)Cl. The van der Waals surface area contributed by atoms with E-state index in [0.29, 0.717) is 130 Å². The number of aryl methyl sites for hydroxylation is 2. The molecule has 10 aliphatic heterocycles. The average Bonchev–Trinajstić information content (AvgIpc) is 1.37. The van der Waals surface area contributed by atoms with E-state index in [9.17, 15) is 39.6 Å². The molecule has 8 bridgehead atoms. The summed E-state index contributed by atoms with van der Waals surface area (Å²) in [7, 11) is 4.73. The lowest BCUT2D eigenvalue weighted by Crippen LogP contribution is -2.70. The number of nitrogens with two attached hydrogens (primary N) is 1. The van der Waals surface area contributed by atoms with E-state index in [4.69, 9.17) is 107 Å². The number of phenolic OH excluding ortho intramolecular Hbond substituents is 1. The van der Waals surface area contributed by atoms with Crippen molar-refractivity contribution in [1.82, 2.24) is 24.9 Å². The minimum Gasteiger partial charge on any atom is -0.504 e. The van der Waals surface area contributed by atoms with Gasteiger partial charge in [0.25, 0.3) is 0 Å². The largest absolute Gasteiger partial charge is 0.504 e. The lowest BCUT2D eigenvalue weighted by molar-refractivity contribution is -0.152. The van der Waals surface area contributed by atoms with Crippen LogP contribution in [0.4, 0.5) is 4.79 Å². The molecule has 586 valence electrons. The number of fused-ring (bicyclic) bond motifs is 18. The Labute approximate surface area is 655 Å². The predicted molar refractivity (Wildman–Crippen MR) is 402 cm³/mol. The second kappa shape index (κ2) is 33.2. The molecule has 0 saturated carbocycles. The second-order valence-corrected chi connectivity index (χ2v) is 32.9. The van der Waals surface area contributed by atoms with Crippen molar-refractivity contribution in [3.8, 4) is 69.6 Å². The maximum atomic E-state index is 14.0. The number of alkyl halides is 3. The molecule has 1 amide bonds. The molecule has 0 radical (unpaired) electrons. The first-order chi connectivity index (χ1) is 52.1. The number of carbonyl (C=O) groups is 5. The summed E-state index contributed by atoms with van der Waals surface area (Å²) in [5, 5.41) is 35.7. The highest BCUT2D eigenvalue weighted by Crippen LogP contribution is 2.67. The Balaban J connectivity index is 0.000000199. The standard InChI is InChI=1S/C42H52N4O12S.C33H36N4O8S.CHCl3/c1-10-11-45-26-15-24-14-21(2)34(51-9)37(54-19-52-13-12-50-8)29(24)32(45)33-39-31-30(38-36(55-20-56-38)22(3)35(31)57-23(4)47)28(46(33)27(26)16-43)17-53-40(48)25(18-59-39)44-41(49)58-42(5,6)7;1-6-7-36-19-9-17-8-14(2)28(41-5)27(39)22(17)25(36)26-32-24-23(31-30(43-13-44-31)15(3)29(24)45-16(4)38)21(37(26)20(19)10-34)11-42-33(40)18(35)12-46-32;2-1(3)4/h10,14,25-28,32-33,39H,1,11-13,15,17-20H2,2-9H3,(H,44,49);6,8,18-21,25-26,32,39H,1,7,9,11-13,35H2,2-5H3;1H/t25-,26+,27+,28+,32-,33?,39-;18?,19-,20-,21-,25+,26?,32+;/m10./s1. The van der Waals surface area contributed by atoms with Gasteiger partial charge in [0, 0.05) is 114 Å². The lowest BCUT2D eigenvalue weighted by atomic mass is 9.71. The van der Waals surface area contributed by atoms with E-state index in [1.807, 2.05) is 39.8 Å². The molecule has 14 rings (SSSR count). The number of hydrogen-bond acceptors (Lipinski definition) is 29. The molecule has 14 atom stereocenters. The van der Waals surface area contributed by atoms with Crippen LogP contribution in [0.2, 0.25) is 0 Å². The predicted octanol–water partition coefficient (Wildman–Crippen LogP) is 10.1. The summed E-state index contributed by atoms with van der Waals surface area (Å²) in [5.41, 5.74) is 14.5. The summed E-state index contributed by atoms with van der Waals surface area (Å²) in [6.45, 7) is 24.5. The van der Waals surface area contributed by atoms with Crippen LogP contribution in [-0.2, 0) is 55.7 Å². The smallest absolute Gasteiger partial charge is 0.408 e. The number of nitrogens with zero attached hydrogens (tertiary/aromatic N) is 6. The van der Waals surface area contributed by atoms with Crippen LogP contribution in [0, 0.1) is 50.4 Å². The van der Waals surface area contributed by atoms with E-state index < -0.39 is 111 Å². The van der Waals surface area contributed by atoms with Crippen molar-refractivity contribution < 1.29 is 95.4 Å². The molecule has 0 spiro atoms. The number of amides is 1. The van der Waals surface area contributed by atoms with Crippen LogP contribution in [0.1, 0.15) is 136 Å². The van der Waals surface area contributed by atoms with Gasteiger partial charge in [-0.3, -0.25) is 34.0 Å². The van der Waals surface area contributed by atoms with Crippen LogP contribution in [0.5, 0.6) is 57.5 Å². The number of esters is 4. The Hall–Kier alpha value is -7.82. The average molecular weight is 1610 g/mol. The first-order valence-corrected chi connectivity index (χ1v) is 38.9. The van der Waals surface area contributed by atoms with Gasteiger partial charge in [0.2, 0.25) is 13.6 Å². The molecule has 4 N–H and O–H groups in total. The minimum atomic E-state index is -1.12. The minimum absolute atomic E-state index is 0.0276. The molecular weight excluding hydrogens is 1520 g/mol. The summed E-state index contributed by atoms with van der Waals surface area (Å²) >= 11 is 17.2. The maximum absolute atomic E-state index is 14.0. The molecule has 10 aliphatic rings. The zero-order valence-electron chi connectivity index (χ0n) is 62.5. The molecular formula is C76H89Cl3N8O20S2. The second-order valence-electron chi connectivity index (χ2n) is 28.6. The van der Waals surface area contributed by atoms with E-state index in [-0.39, 0.29) is 62.9 Å². The molecule has 109 heavy (non-hydrogen) atoms. The zero-order valence-corrected chi connectivity index (χ0v) is 66.4. The number of rotatable bonds is 15. The van der Waals surface area contributed by atoms with Crippen molar-refractivity contribution in [3.63, 3.8) is 0 Å². The summed E-state index contributed by atoms with van der Waals surface area (Å²) < 4.78 is 82.5. The molecule has 3 unspecified atom stereocenters. The highest BCUT2D eigenvalue weighted by molar-refractivity contribution is 7.99. The molecule has 4 aromatic rings. The monoisotopic (exact) mass is 1600 g/mol. The fraction of sp³-hybridized carbons (Fsp3) is 0.539. The van der Waals surface area contributed by atoms with Gasteiger partial charge in [0.05, 0.1) is 74.2 Å². The number of thioether (sulfide) groups is 2. The topological polar surface area (TPSA) is 333 Å². The number of nitrogens with one attached hydrogen (secondary N) is 1. The van der Waals surface area contributed by atoms with E-state index in [1.54, 1.807) is 41.1 Å². The number of phenols is 1. The van der Waals surface area contributed by atoms with Gasteiger partial charge in [0.1, 0.15) is 54.5 Å². The Morgan fingerprint density at radius 3 is 1.61 bits per heavy atom. The van der Waals surface area contributed by atoms with Crippen LogP contribution >= 0.6 is 58.3 Å². The van der Waals surface area contributed by atoms with Crippen molar-refractivity contribution >= 4 is 88.3 Å². The molecule has 33 heteroatoms. The van der Waals surface area contributed by atoms with Gasteiger partial charge in [-0.05, 0) is 83.6 Å². The summed E-state index contributed by atoms with van der Waals surface area (Å²) in [5.74, 6) is 1.88. The number of hydrogen-bond donors (Lipinski definition) is 3. The van der Waals surface area contributed by atoms with E-state index in [0.717, 1.165) is 27.8 Å². The molecule has 10 heterocycles. The first-order valence-electron chi connectivity index (χ1n) is 35.5. The summed E-state index contributed by atoms with van der Waals surface area (Å²) in [4.78, 5) is 74.6. The van der Waals surface area contributed by atoms with Gasteiger partial charge in [-0.25, -0.2) is 9.59 Å². The van der Waals surface area contributed by atoms with E-state index in [1.165, 1.54) is 44.5 Å². The van der Waals surface area contributed by atoms with Crippen molar-refractivity contribution in [2.45, 2.75) is 168 Å². The van der Waals surface area contributed by atoms with Crippen LogP contribution in [0.25, 0.3) is 0 Å². The number of piperazine rings is 2. The van der Waals surface area contributed by atoms with Gasteiger partial charge in [-0.1, -0.05) is 59.1 Å². The van der Waals surface area contributed by atoms with Crippen LogP contribution < -0.4 is 53.7 Å². The summed E-state index contributed by atoms with van der Waals surface area (Å²) in [6, 6.07) is 1.85. The van der Waals surface area contributed by atoms with Crippen LogP contribution in [0.3, 0.4) is 0 Å². The lowest BCUT2D eigenvalue weighted by Gasteiger charge is -2.62. The highest BCUT2D eigenvalue weighted by atomic mass is 35.6. The molecule has 4 aromatic carbocycles. The fourth-order valence-corrected chi connectivity index (χ4v) is 20.4. The van der Waals surface area contributed by atoms with Crippen molar-refractivity contribution in [3.05, 3.63) is 104 Å². The molecule has 4 saturated heterocycles. The first kappa shape index (κ1) is 80.7. The van der Waals surface area contributed by atoms with Crippen LogP contribution in [-0.4, -0.2) is 206 Å². The van der Waals surface area contributed by atoms with Gasteiger partial charge in [-0.15, -0.1) is 36.7 Å². The number of alkyl carbamates (subject to hydrolysis) is 1. The number of cyclic esters (lactones) is 2. The van der Waals surface area contributed by atoms with Crippen molar-refractivity contribution in [2.24, 2.45) is 5.73 Å². The van der Waals surface area contributed by atoms with E-state index >= 15 is 0 Å². The molecule has 0 aliphatic carbocycles. The third-order valence-corrected chi connectivity index (χ3v) is 23.9. The number of halogens is 3. The number of carbonyl (C=O) groups excluding carboxylic acids is 5. The number of ether oxygens (including phenoxy) is 14. The number of methoxy groups -OCH3 is 3. The van der Waals surface area contributed by atoms with Crippen molar-refractivity contribution in [1.29, 1.82) is 10.5 Å². The Morgan fingerprint density at radius 2 is 1.15 bits per heavy atom. The normalized spacial score (nSPS) is 26.7. The van der Waals surface area contributed by atoms with Gasteiger partial charge in [0.15, 0.2) is 57.1 Å². The Kier molecular flexibility index (Phi) is 24.6. The fourth-order valence-electron chi connectivity index (χ4n) is 17.4.